The lowest BCUT2D eigenvalue weighted by molar-refractivity contribution is 0.468. The molecule has 0 bridgehead atoms. The number of nitrogens with two attached hydrogens (primary N) is 2. The molecule has 66 valence electrons. The van der Waals surface area contributed by atoms with Gasteiger partial charge in [-0.15, -0.1) is 0 Å². The average molecular weight is 166 g/mol. The molecule has 0 aliphatic heterocycles. The Hall–Kier alpha value is -1.06. The fourth-order valence-electron chi connectivity index (χ4n) is 1.05. The first-order valence-electron chi connectivity index (χ1n) is 3.92. The van der Waals surface area contributed by atoms with Gasteiger partial charge in [-0.1, -0.05) is 6.07 Å². The molecule has 3 nitrogen and oxygen atoms in total. The summed E-state index contributed by atoms with van der Waals surface area (Å²) in [6, 6.07) is 5.25. The van der Waals surface area contributed by atoms with Crippen LogP contribution in [0.2, 0.25) is 0 Å². The molecule has 5 N–H and O–H groups in total. The van der Waals surface area contributed by atoms with Crippen LogP contribution < -0.4 is 11.5 Å². The summed E-state index contributed by atoms with van der Waals surface area (Å²) in [5.74, 6) is 0.238. The number of benzene rings is 1. The zero-order valence-corrected chi connectivity index (χ0v) is 7.12. The lowest BCUT2D eigenvalue weighted by atomic mass is 10.1. The molecule has 0 amide bonds. The van der Waals surface area contributed by atoms with Crippen LogP contribution in [0.1, 0.15) is 24.1 Å². The molecule has 1 rings (SSSR count). The quantitative estimate of drug-likeness (QED) is 0.610. The van der Waals surface area contributed by atoms with E-state index >= 15 is 0 Å². The Kier molecular flexibility index (Phi) is 2.68. The molecule has 1 atom stereocenters. The van der Waals surface area contributed by atoms with Crippen molar-refractivity contribution in [3.63, 3.8) is 0 Å². The van der Waals surface area contributed by atoms with Crippen LogP contribution in [0.5, 0.6) is 5.75 Å². The number of aromatic hydroxyl groups is 1. The van der Waals surface area contributed by atoms with Gasteiger partial charge in [0.05, 0.1) is 0 Å². The number of hydrogen-bond donors (Lipinski definition) is 3. The Morgan fingerprint density at radius 2 is 2.17 bits per heavy atom. The third-order valence-electron chi connectivity index (χ3n) is 1.85. The smallest absolute Gasteiger partial charge is 0.120 e. The molecule has 0 aliphatic carbocycles. The van der Waals surface area contributed by atoms with E-state index < -0.39 is 0 Å². The van der Waals surface area contributed by atoms with Gasteiger partial charge in [0.2, 0.25) is 0 Å². The molecular formula is C9H14N2O. The molecule has 3 heteroatoms. The summed E-state index contributed by atoms with van der Waals surface area (Å²) >= 11 is 0. The summed E-state index contributed by atoms with van der Waals surface area (Å²) in [4.78, 5) is 0. The van der Waals surface area contributed by atoms with E-state index in [4.69, 9.17) is 11.5 Å². The summed E-state index contributed by atoms with van der Waals surface area (Å²) in [6.45, 7) is 2.24. The Labute approximate surface area is 72.0 Å². The highest BCUT2D eigenvalue weighted by Gasteiger charge is 2.03. The van der Waals surface area contributed by atoms with Gasteiger partial charge in [-0.2, -0.15) is 0 Å². The molecule has 0 radical (unpaired) electrons. The number of phenolic OH excluding ortho intramolecular Hbond substituents is 1. The van der Waals surface area contributed by atoms with E-state index in [2.05, 4.69) is 0 Å². The van der Waals surface area contributed by atoms with Crippen LogP contribution in [0.25, 0.3) is 0 Å². The minimum atomic E-state index is -0.0177. The molecule has 1 unspecified atom stereocenters. The van der Waals surface area contributed by atoms with Crippen LogP contribution in [0.3, 0.4) is 0 Å². The van der Waals surface area contributed by atoms with Gasteiger partial charge >= 0.3 is 0 Å². The average Bonchev–Trinajstić information content (AvgIpc) is 2.05. The van der Waals surface area contributed by atoms with Gasteiger partial charge in [-0.05, 0) is 24.6 Å². The predicted octanol–water partition coefficient (Wildman–Crippen LogP) is 0.871. The van der Waals surface area contributed by atoms with E-state index in [1.54, 1.807) is 12.1 Å². The normalized spacial score (nSPS) is 12.9. The van der Waals surface area contributed by atoms with Crippen LogP contribution in [0, 0.1) is 0 Å². The fraction of sp³-hybridized carbons (Fsp3) is 0.333. The SMILES string of the molecule is CC(N)c1ccc(O)c(CN)c1. The van der Waals surface area contributed by atoms with Gasteiger partial charge in [-0.3, -0.25) is 0 Å². The molecule has 0 saturated heterocycles. The summed E-state index contributed by atoms with van der Waals surface area (Å²) < 4.78 is 0. The summed E-state index contributed by atoms with van der Waals surface area (Å²) in [5, 5.41) is 9.30. The molecule has 1 aromatic carbocycles. The minimum Gasteiger partial charge on any atom is -0.508 e. The predicted molar refractivity (Wildman–Crippen MR) is 48.6 cm³/mol. The van der Waals surface area contributed by atoms with Crippen molar-refractivity contribution < 1.29 is 5.11 Å². The fourth-order valence-corrected chi connectivity index (χ4v) is 1.05. The van der Waals surface area contributed by atoms with Crippen LogP contribution in [0.4, 0.5) is 0 Å². The third kappa shape index (κ3) is 1.75. The molecule has 12 heavy (non-hydrogen) atoms. The second-order valence-electron chi connectivity index (χ2n) is 2.88. The van der Waals surface area contributed by atoms with Crippen molar-refractivity contribution in [2.45, 2.75) is 19.5 Å². The molecule has 0 spiro atoms. The van der Waals surface area contributed by atoms with Crippen molar-refractivity contribution in [1.29, 1.82) is 0 Å². The zero-order chi connectivity index (χ0) is 9.14. The first kappa shape index (κ1) is 9.03. The molecule has 0 aromatic heterocycles. The Morgan fingerprint density at radius 3 is 2.67 bits per heavy atom. The van der Waals surface area contributed by atoms with Gasteiger partial charge in [0.1, 0.15) is 5.75 Å². The molecule has 0 heterocycles. The lowest BCUT2D eigenvalue weighted by Crippen LogP contribution is -2.06. The summed E-state index contributed by atoms with van der Waals surface area (Å²) in [5.41, 5.74) is 12.8. The van der Waals surface area contributed by atoms with Crippen LogP contribution >= 0.6 is 0 Å². The second-order valence-corrected chi connectivity index (χ2v) is 2.88. The summed E-state index contributed by atoms with van der Waals surface area (Å²) in [7, 11) is 0. The molecule has 0 fully saturated rings. The maximum absolute atomic E-state index is 9.30. The monoisotopic (exact) mass is 166 g/mol. The van der Waals surface area contributed by atoms with Crippen molar-refractivity contribution >= 4 is 0 Å². The lowest BCUT2D eigenvalue weighted by Gasteiger charge is -2.08. The van der Waals surface area contributed by atoms with Gasteiger partial charge in [0.15, 0.2) is 0 Å². The first-order valence-corrected chi connectivity index (χ1v) is 3.92. The number of hydrogen-bond acceptors (Lipinski definition) is 3. The molecule has 0 aliphatic rings. The Balaban J connectivity index is 3.05. The highest BCUT2D eigenvalue weighted by molar-refractivity contribution is 5.36. The minimum absolute atomic E-state index is 0.0177. The maximum atomic E-state index is 9.30. The van der Waals surface area contributed by atoms with Crippen molar-refractivity contribution in [1.82, 2.24) is 0 Å². The largest absolute Gasteiger partial charge is 0.508 e. The first-order chi connectivity index (χ1) is 5.65. The molecule has 1 aromatic rings. The van der Waals surface area contributed by atoms with Gasteiger partial charge in [0, 0.05) is 18.2 Å². The third-order valence-corrected chi connectivity index (χ3v) is 1.85. The second kappa shape index (κ2) is 3.56. The number of phenols is 1. The topological polar surface area (TPSA) is 72.3 Å². The standard InChI is InChI=1S/C9H14N2O/c1-6(11)7-2-3-9(12)8(4-7)5-10/h2-4,6,12H,5,10-11H2,1H3. The maximum Gasteiger partial charge on any atom is 0.120 e. The van der Waals surface area contributed by atoms with E-state index in [9.17, 15) is 5.11 Å². The highest BCUT2D eigenvalue weighted by atomic mass is 16.3. The molecule has 0 saturated carbocycles. The van der Waals surface area contributed by atoms with Crippen molar-refractivity contribution in [3.05, 3.63) is 29.3 Å². The summed E-state index contributed by atoms with van der Waals surface area (Å²) in [6.07, 6.45) is 0. The number of rotatable bonds is 2. The van der Waals surface area contributed by atoms with Crippen LogP contribution in [0.15, 0.2) is 18.2 Å². The zero-order valence-electron chi connectivity index (χ0n) is 7.12. The van der Waals surface area contributed by atoms with Crippen molar-refractivity contribution in [3.8, 4) is 5.75 Å². The van der Waals surface area contributed by atoms with E-state index in [1.165, 1.54) is 0 Å². The Morgan fingerprint density at radius 1 is 1.50 bits per heavy atom. The highest BCUT2D eigenvalue weighted by Crippen LogP contribution is 2.20. The van der Waals surface area contributed by atoms with Crippen LogP contribution in [-0.4, -0.2) is 5.11 Å². The van der Waals surface area contributed by atoms with Gasteiger partial charge < -0.3 is 16.6 Å². The van der Waals surface area contributed by atoms with Crippen molar-refractivity contribution in [2.24, 2.45) is 11.5 Å². The Bertz CT molecular complexity index is 271. The van der Waals surface area contributed by atoms with E-state index in [0.717, 1.165) is 11.1 Å². The van der Waals surface area contributed by atoms with Crippen LogP contribution in [-0.2, 0) is 6.54 Å². The molecular weight excluding hydrogens is 152 g/mol. The van der Waals surface area contributed by atoms with Gasteiger partial charge in [-0.25, -0.2) is 0 Å². The van der Waals surface area contributed by atoms with E-state index in [-0.39, 0.29) is 11.8 Å². The van der Waals surface area contributed by atoms with Gasteiger partial charge in [0.25, 0.3) is 0 Å². The van der Waals surface area contributed by atoms with E-state index in [0.29, 0.717) is 6.54 Å². The van der Waals surface area contributed by atoms with Crippen molar-refractivity contribution in [2.75, 3.05) is 0 Å². The van der Waals surface area contributed by atoms with E-state index in [1.807, 2.05) is 13.0 Å².